The molecule has 0 bridgehead atoms. The number of carboxylic acids is 1. The summed E-state index contributed by atoms with van der Waals surface area (Å²) in [5.74, 6) is -1.74. The van der Waals surface area contributed by atoms with Crippen LogP contribution in [0.3, 0.4) is 0 Å². The minimum absolute atomic E-state index is 0.0209. The van der Waals surface area contributed by atoms with E-state index in [9.17, 15) is 19.5 Å². The monoisotopic (exact) mass is 419 g/mol. The summed E-state index contributed by atoms with van der Waals surface area (Å²) in [6.07, 6.45) is -0.366. The summed E-state index contributed by atoms with van der Waals surface area (Å²) >= 11 is 12.1. The van der Waals surface area contributed by atoms with Crippen LogP contribution >= 0.6 is 23.2 Å². The third-order valence-electron chi connectivity index (χ3n) is 4.00. The van der Waals surface area contributed by atoms with E-state index in [0.29, 0.717) is 21.3 Å². The van der Waals surface area contributed by atoms with Crippen molar-refractivity contribution in [3.8, 4) is 5.69 Å². The summed E-state index contributed by atoms with van der Waals surface area (Å²) in [7, 11) is 0. The number of aromatic nitrogens is 2. The molecule has 3 rings (SSSR count). The van der Waals surface area contributed by atoms with Crippen LogP contribution in [0.4, 0.5) is 0 Å². The van der Waals surface area contributed by atoms with E-state index in [2.05, 4.69) is 10.4 Å². The molecule has 0 radical (unpaired) electrons. The predicted octanol–water partition coefficient (Wildman–Crippen LogP) is 3.42. The third-order valence-corrected chi connectivity index (χ3v) is 4.58. The minimum Gasteiger partial charge on any atom is -0.481 e. The molecule has 1 unspecified atom stereocenters. The highest BCUT2D eigenvalue weighted by Gasteiger charge is 2.22. The van der Waals surface area contributed by atoms with Crippen LogP contribution in [0.5, 0.6) is 0 Å². The molecule has 7 nitrogen and oxygen atoms in total. The van der Waals surface area contributed by atoms with E-state index in [4.69, 9.17) is 23.2 Å². The van der Waals surface area contributed by atoms with E-state index >= 15 is 0 Å². The standard InChI is InChI=1S/C19H15Cl2N3O4/c20-11-4-3-5-12(8-11)24-17(25)9-16(23-24)19(28)22-15(10-18(26)27)13-6-1-2-7-14(13)21/h1-9,15,23H,10H2,(H,22,28)(H,26,27). The van der Waals surface area contributed by atoms with Crippen molar-refractivity contribution in [2.45, 2.75) is 12.5 Å². The van der Waals surface area contributed by atoms with Gasteiger partial charge in [0.1, 0.15) is 5.69 Å². The number of H-pyrrole nitrogens is 1. The molecule has 1 heterocycles. The Kier molecular flexibility index (Phi) is 5.87. The summed E-state index contributed by atoms with van der Waals surface area (Å²) < 4.78 is 1.17. The van der Waals surface area contributed by atoms with Crippen molar-refractivity contribution < 1.29 is 14.7 Å². The zero-order chi connectivity index (χ0) is 20.3. The molecule has 3 aromatic rings. The number of carbonyl (C=O) groups excluding carboxylic acids is 1. The lowest BCUT2D eigenvalue weighted by atomic mass is 10.0. The first-order valence-corrected chi connectivity index (χ1v) is 8.96. The topological polar surface area (TPSA) is 104 Å². The maximum absolute atomic E-state index is 12.6. The van der Waals surface area contributed by atoms with Crippen molar-refractivity contribution in [1.29, 1.82) is 0 Å². The molecule has 0 aliphatic rings. The Morgan fingerprint density at radius 2 is 1.86 bits per heavy atom. The molecule has 0 saturated heterocycles. The van der Waals surface area contributed by atoms with Crippen LogP contribution in [-0.4, -0.2) is 26.8 Å². The van der Waals surface area contributed by atoms with Gasteiger partial charge >= 0.3 is 5.97 Å². The second kappa shape index (κ2) is 8.33. The van der Waals surface area contributed by atoms with Crippen LogP contribution in [0.25, 0.3) is 5.69 Å². The number of amides is 1. The Bertz CT molecular complexity index is 1090. The molecule has 0 aliphatic carbocycles. The van der Waals surface area contributed by atoms with Crippen molar-refractivity contribution in [3.63, 3.8) is 0 Å². The largest absolute Gasteiger partial charge is 0.481 e. The van der Waals surface area contributed by atoms with Crippen LogP contribution < -0.4 is 10.9 Å². The molecule has 144 valence electrons. The molecular formula is C19H15Cl2N3O4. The van der Waals surface area contributed by atoms with Gasteiger partial charge in [-0.1, -0.05) is 47.5 Å². The third kappa shape index (κ3) is 4.44. The molecule has 28 heavy (non-hydrogen) atoms. The summed E-state index contributed by atoms with van der Waals surface area (Å²) in [6, 6.07) is 13.5. The molecule has 1 amide bonds. The number of nitrogens with zero attached hydrogens (tertiary/aromatic N) is 1. The van der Waals surface area contributed by atoms with Crippen LogP contribution in [0.15, 0.2) is 59.4 Å². The maximum Gasteiger partial charge on any atom is 0.305 e. The van der Waals surface area contributed by atoms with Gasteiger partial charge in [0, 0.05) is 16.1 Å². The van der Waals surface area contributed by atoms with Crippen LogP contribution in [0.2, 0.25) is 10.0 Å². The second-order valence-electron chi connectivity index (χ2n) is 5.97. The Labute approximate surface area is 169 Å². The van der Waals surface area contributed by atoms with Crippen molar-refractivity contribution in [2.24, 2.45) is 0 Å². The van der Waals surface area contributed by atoms with Gasteiger partial charge in [-0.2, -0.15) is 0 Å². The first kappa shape index (κ1) is 19.7. The average molecular weight is 420 g/mol. The van der Waals surface area contributed by atoms with Gasteiger partial charge in [0.15, 0.2) is 0 Å². The molecule has 2 aromatic carbocycles. The first-order chi connectivity index (χ1) is 13.3. The number of carboxylic acid groups (broad SMARTS) is 1. The number of aliphatic carboxylic acids is 1. The number of nitrogens with one attached hydrogen (secondary N) is 2. The van der Waals surface area contributed by atoms with Crippen LogP contribution in [0.1, 0.15) is 28.5 Å². The van der Waals surface area contributed by atoms with Crippen molar-refractivity contribution in [3.05, 3.63) is 86.3 Å². The zero-order valence-electron chi connectivity index (χ0n) is 14.4. The lowest BCUT2D eigenvalue weighted by Gasteiger charge is -2.18. The van der Waals surface area contributed by atoms with Gasteiger partial charge < -0.3 is 10.4 Å². The molecule has 3 N–H and O–H groups in total. The second-order valence-corrected chi connectivity index (χ2v) is 6.81. The fourth-order valence-electron chi connectivity index (χ4n) is 2.73. The van der Waals surface area contributed by atoms with Gasteiger partial charge in [0.25, 0.3) is 11.5 Å². The number of rotatable bonds is 6. The smallest absolute Gasteiger partial charge is 0.305 e. The number of halogens is 2. The van der Waals surface area contributed by atoms with Gasteiger partial charge in [-0.15, -0.1) is 0 Å². The summed E-state index contributed by atoms with van der Waals surface area (Å²) in [4.78, 5) is 36.1. The summed E-state index contributed by atoms with van der Waals surface area (Å²) in [6.45, 7) is 0. The molecule has 0 fully saturated rings. The fraction of sp³-hybridized carbons (Fsp3) is 0.105. The lowest BCUT2D eigenvalue weighted by Crippen LogP contribution is -2.30. The Balaban J connectivity index is 1.89. The van der Waals surface area contributed by atoms with Gasteiger partial charge in [0.2, 0.25) is 0 Å². The van der Waals surface area contributed by atoms with Crippen LogP contribution in [-0.2, 0) is 4.79 Å². The highest BCUT2D eigenvalue weighted by atomic mass is 35.5. The fourth-order valence-corrected chi connectivity index (χ4v) is 3.18. The van der Waals surface area contributed by atoms with Gasteiger partial charge in [-0.3, -0.25) is 19.5 Å². The van der Waals surface area contributed by atoms with Gasteiger partial charge in [-0.25, -0.2) is 4.68 Å². The van der Waals surface area contributed by atoms with E-state index in [1.54, 1.807) is 48.5 Å². The molecular weight excluding hydrogens is 405 g/mol. The quantitative estimate of drug-likeness (QED) is 0.569. The molecule has 9 heteroatoms. The van der Waals surface area contributed by atoms with Crippen molar-refractivity contribution >= 4 is 35.1 Å². The Morgan fingerprint density at radius 3 is 2.54 bits per heavy atom. The normalized spacial score (nSPS) is 11.8. The highest BCUT2D eigenvalue weighted by Crippen LogP contribution is 2.25. The minimum atomic E-state index is -1.10. The first-order valence-electron chi connectivity index (χ1n) is 8.20. The van der Waals surface area contributed by atoms with E-state index in [1.807, 2.05) is 0 Å². The number of hydrogen-bond donors (Lipinski definition) is 3. The average Bonchev–Trinajstić information content (AvgIpc) is 3.03. The van der Waals surface area contributed by atoms with Gasteiger partial charge in [-0.05, 0) is 29.8 Å². The van der Waals surface area contributed by atoms with Crippen molar-refractivity contribution in [2.75, 3.05) is 0 Å². The molecule has 1 aromatic heterocycles. The number of benzene rings is 2. The van der Waals surface area contributed by atoms with E-state index in [0.717, 1.165) is 6.07 Å². The summed E-state index contributed by atoms with van der Waals surface area (Å²) in [5.41, 5.74) is 0.452. The van der Waals surface area contributed by atoms with E-state index in [-0.39, 0.29) is 12.1 Å². The zero-order valence-corrected chi connectivity index (χ0v) is 15.9. The molecule has 0 spiro atoms. The van der Waals surface area contributed by atoms with E-state index in [1.165, 1.54) is 4.68 Å². The molecule has 1 atom stereocenters. The Morgan fingerprint density at radius 1 is 1.11 bits per heavy atom. The number of hydrogen-bond acceptors (Lipinski definition) is 3. The summed E-state index contributed by atoms with van der Waals surface area (Å²) in [5, 5.41) is 15.3. The highest BCUT2D eigenvalue weighted by molar-refractivity contribution is 6.31. The number of aromatic amines is 1. The SMILES string of the molecule is O=C(O)CC(NC(=O)c1cc(=O)n(-c2cccc(Cl)c2)[nH]1)c1ccccc1Cl. The Hall–Kier alpha value is -3.03. The van der Waals surface area contributed by atoms with E-state index < -0.39 is 23.5 Å². The predicted molar refractivity (Wildman–Crippen MR) is 105 cm³/mol. The van der Waals surface area contributed by atoms with Gasteiger partial charge in [0.05, 0.1) is 18.2 Å². The van der Waals surface area contributed by atoms with Crippen molar-refractivity contribution in [1.82, 2.24) is 15.1 Å². The van der Waals surface area contributed by atoms with Crippen LogP contribution in [0, 0.1) is 0 Å². The molecule has 0 saturated carbocycles. The lowest BCUT2D eigenvalue weighted by molar-refractivity contribution is -0.137. The maximum atomic E-state index is 12.6. The molecule has 0 aliphatic heterocycles. The number of carbonyl (C=O) groups is 2.